The molecular formula is C29H24FN3O. The maximum atomic E-state index is 13.9. The minimum Gasteiger partial charge on any atom is -0.488 e. The van der Waals surface area contributed by atoms with E-state index in [-0.39, 0.29) is 5.82 Å². The van der Waals surface area contributed by atoms with Crippen LogP contribution in [0.3, 0.4) is 0 Å². The zero-order chi connectivity index (χ0) is 23.7. The van der Waals surface area contributed by atoms with Crippen molar-refractivity contribution in [1.82, 2.24) is 9.55 Å². The molecule has 1 aromatic heterocycles. The van der Waals surface area contributed by atoms with Gasteiger partial charge in [0.1, 0.15) is 24.0 Å². The van der Waals surface area contributed by atoms with Crippen LogP contribution in [0.1, 0.15) is 41.9 Å². The Hall–Kier alpha value is -4.17. The highest BCUT2D eigenvalue weighted by molar-refractivity contribution is 5.88. The van der Waals surface area contributed by atoms with Crippen molar-refractivity contribution < 1.29 is 9.13 Å². The average Bonchev–Trinajstić information content (AvgIpc) is 3.20. The van der Waals surface area contributed by atoms with Gasteiger partial charge in [0.05, 0.1) is 11.8 Å². The second-order valence-corrected chi connectivity index (χ2v) is 8.42. The summed E-state index contributed by atoms with van der Waals surface area (Å²) in [5.41, 5.74) is 7.19. The number of allylic oxidation sites excluding steroid dienone is 1. The fraction of sp³-hybridized carbons (Fsp3) is 0.172. The summed E-state index contributed by atoms with van der Waals surface area (Å²) < 4.78 is 22.1. The van der Waals surface area contributed by atoms with E-state index in [2.05, 4.69) is 48.0 Å². The molecule has 5 rings (SSSR count). The maximum Gasteiger partial charge on any atom is 0.130 e. The third-order valence-corrected chi connectivity index (χ3v) is 6.18. The van der Waals surface area contributed by atoms with Crippen LogP contribution >= 0.6 is 0 Å². The molecule has 0 spiro atoms. The molecule has 34 heavy (non-hydrogen) atoms. The number of rotatable bonds is 4. The van der Waals surface area contributed by atoms with Gasteiger partial charge in [-0.05, 0) is 41.8 Å². The van der Waals surface area contributed by atoms with E-state index in [1.165, 1.54) is 12.1 Å². The van der Waals surface area contributed by atoms with Crippen LogP contribution in [-0.4, -0.2) is 9.55 Å². The van der Waals surface area contributed by atoms with Crippen LogP contribution in [0.4, 0.5) is 4.39 Å². The third kappa shape index (κ3) is 3.99. The van der Waals surface area contributed by atoms with Crippen LogP contribution in [-0.2, 0) is 19.6 Å². The van der Waals surface area contributed by atoms with E-state index in [1.807, 2.05) is 24.3 Å². The van der Waals surface area contributed by atoms with Crippen molar-refractivity contribution in [3.05, 3.63) is 112 Å². The standard InChI is InChI=1S/C29H24FN3O/c1-3-28-32-26(21-7-5-4-6-8-21)17-33(28)16-20-9-11-24-22(13-20)18-34-27-14-23(30)10-12-25(27)29(24)19(2)15-31/h4-14,17H,3,16,18H2,1-2H3/b29-19-. The smallest absolute Gasteiger partial charge is 0.130 e. The van der Waals surface area contributed by atoms with Crippen molar-refractivity contribution in [2.75, 3.05) is 0 Å². The first-order chi connectivity index (χ1) is 16.6. The quantitative estimate of drug-likeness (QED) is 0.333. The van der Waals surface area contributed by atoms with Gasteiger partial charge in [0, 0.05) is 47.5 Å². The Balaban J connectivity index is 1.53. The number of hydrogen-bond donors (Lipinski definition) is 0. The summed E-state index contributed by atoms with van der Waals surface area (Å²) in [6.45, 7) is 4.88. The predicted octanol–water partition coefficient (Wildman–Crippen LogP) is 6.54. The molecule has 1 aliphatic heterocycles. The van der Waals surface area contributed by atoms with Crippen molar-refractivity contribution in [2.24, 2.45) is 0 Å². The summed E-state index contributed by atoms with van der Waals surface area (Å²) in [4.78, 5) is 4.84. The van der Waals surface area contributed by atoms with Crippen LogP contribution in [0.25, 0.3) is 16.8 Å². The van der Waals surface area contributed by atoms with Crippen LogP contribution in [0, 0.1) is 17.1 Å². The van der Waals surface area contributed by atoms with Crippen LogP contribution in [0.15, 0.2) is 78.5 Å². The molecule has 0 unspecified atom stereocenters. The van der Waals surface area contributed by atoms with E-state index in [9.17, 15) is 9.65 Å². The lowest BCUT2D eigenvalue weighted by Crippen LogP contribution is -2.05. The SMILES string of the molecule is CCc1nc(-c2ccccc2)cn1Cc1ccc2c(c1)COc1cc(F)ccc1/C2=C(/C)C#N. The number of ether oxygens (including phenoxy) is 1. The molecule has 0 amide bonds. The first-order valence-electron chi connectivity index (χ1n) is 11.3. The zero-order valence-electron chi connectivity index (χ0n) is 19.2. The number of nitriles is 1. The van der Waals surface area contributed by atoms with Crippen LogP contribution < -0.4 is 4.74 Å². The van der Waals surface area contributed by atoms with Gasteiger partial charge in [0.2, 0.25) is 0 Å². The van der Waals surface area contributed by atoms with Crippen molar-refractivity contribution >= 4 is 5.57 Å². The first-order valence-corrected chi connectivity index (χ1v) is 11.3. The van der Waals surface area contributed by atoms with E-state index in [4.69, 9.17) is 9.72 Å². The highest BCUT2D eigenvalue weighted by Crippen LogP contribution is 2.39. The number of nitrogens with zero attached hydrogens (tertiary/aromatic N) is 3. The van der Waals surface area contributed by atoms with E-state index in [0.717, 1.165) is 51.3 Å². The van der Waals surface area contributed by atoms with Gasteiger partial charge >= 0.3 is 0 Å². The lowest BCUT2D eigenvalue weighted by Gasteiger charge is -2.13. The Morgan fingerprint density at radius 2 is 1.88 bits per heavy atom. The average molecular weight is 450 g/mol. The molecule has 0 N–H and O–H groups in total. The highest BCUT2D eigenvalue weighted by atomic mass is 19.1. The third-order valence-electron chi connectivity index (χ3n) is 6.18. The Labute approximate surface area is 198 Å². The second kappa shape index (κ2) is 8.99. The largest absolute Gasteiger partial charge is 0.488 e. The van der Waals surface area contributed by atoms with E-state index >= 15 is 0 Å². The van der Waals surface area contributed by atoms with E-state index in [1.54, 1.807) is 13.0 Å². The minimum atomic E-state index is -0.360. The van der Waals surface area contributed by atoms with Gasteiger partial charge in [0.15, 0.2) is 0 Å². The summed E-state index contributed by atoms with van der Waals surface area (Å²) in [6.07, 6.45) is 2.93. The van der Waals surface area contributed by atoms with Gasteiger partial charge < -0.3 is 9.30 Å². The van der Waals surface area contributed by atoms with Gasteiger partial charge in [-0.25, -0.2) is 9.37 Å². The fourth-order valence-electron chi connectivity index (χ4n) is 4.51. The molecule has 0 radical (unpaired) electrons. The van der Waals surface area contributed by atoms with Gasteiger partial charge in [-0.2, -0.15) is 5.26 Å². The molecule has 0 aliphatic carbocycles. The van der Waals surface area contributed by atoms with Crippen molar-refractivity contribution in [3.8, 4) is 23.1 Å². The summed E-state index contributed by atoms with van der Waals surface area (Å²) in [6, 6.07) is 23.2. The predicted molar refractivity (Wildman–Crippen MR) is 131 cm³/mol. The van der Waals surface area contributed by atoms with Crippen molar-refractivity contribution in [2.45, 2.75) is 33.4 Å². The Kier molecular flexibility index (Phi) is 5.73. The minimum absolute atomic E-state index is 0.307. The molecule has 2 heterocycles. The molecule has 5 heteroatoms. The lowest BCUT2D eigenvalue weighted by atomic mass is 9.90. The van der Waals surface area contributed by atoms with Crippen molar-refractivity contribution in [1.29, 1.82) is 5.26 Å². The summed E-state index contributed by atoms with van der Waals surface area (Å²) in [5.74, 6) is 1.12. The first kappa shape index (κ1) is 21.7. The molecule has 0 atom stereocenters. The molecule has 0 bridgehead atoms. The van der Waals surface area contributed by atoms with Gasteiger partial charge in [-0.3, -0.25) is 0 Å². The fourth-order valence-corrected chi connectivity index (χ4v) is 4.51. The molecule has 4 aromatic rings. The van der Waals surface area contributed by atoms with Gasteiger partial charge in [-0.15, -0.1) is 0 Å². The van der Waals surface area contributed by atoms with Gasteiger partial charge in [0.25, 0.3) is 0 Å². The Morgan fingerprint density at radius 3 is 2.65 bits per heavy atom. The highest BCUT2D eigenvalue weighted by Gasteiger charge is 2.22. The van der Waals surface area contributed by atoms with E-state index < -0.39 is 0 Å². The van der Waals surface area contributed by atoms with Crippen LogP contribution in [0.5, 0.6) is 5.75 Å². The second-order valence-electron chi connectivity index (χ2n) is 8.42. The molecule has 0 saturated carbocycles. The monoisotopic (exact) mass is 449 g/mol. The molecule has 0 saturated heterocycles. The summed E-state index contributed by atoms with van der Waals surface area (Å²) >= 11 is 0. The number of aromatic nitrogens is 2. The maximum absolute atomic E-state index is 13.9. The number of fused-ring (bicyclic) bond motifs is 2. The summed E-state index contributed by atoms with van der Waals surface area (Å²) in [5, 5.41) is 9.65. The molecule has 0 fully saturated rings. The zero-order valence-corrected chi connectivity index (χ0v) is 19.2. The molecule has 4 nitrogen and oxygen atoms in total. The summed E-state index contributed by atoms with van der Waals surface area (Å²) in [7, 11) is 0. The molecule has 1 aliphatic rings. The van der Waals surface area contributed by atoms with Gasteiger partial charge in [-0.1, -0.05) is 49.4 Å². The topological polar surface area (TPSA) is 50.8 Å². The molecular weight excluding hydrogens is 425 g/mol. The lowest BCUT2D eigenvalue weighted by molar-refractivity contribution is 0.305. The molecule has 168 valence electrons. The van der Waals surface area contributed by atoms with Crippen LogP contribution in [0.2, 0.25) is 0 Å². The number of hydrogen-bond acceptors (Lipinski definition) is 3. The normalized spacial score (nSPS) is 13.8. The number of aryl methyl sites for hydroxylation is 1. The Bertz CT molecular complexity index is 1440. The Morgan fingerprint density at radius 1 is 1.09 bits per heavy atom. The number of imidazole rings is 1. The number of benzene rings is 3. The number of halogens is 1. The van der Waals surface area contributed by atoms with E-state index in [0.29, 0.717) is 24.5 Å². The van der Waals surface area contributed by atoms with Crippen molar-refractivity contribution in [3.63, 3.8) is 0 Å². The molecule has 3 aromatic carbocycles.